The summed E-state index contributed by atoms with van der Waals surface area (Å²) in [6, 6.07) is 4.66. The van der Waals surface area contributed by atoms with Gasteiger partial charge in [-0.15, -0.1) is 0 Å². The molecule has 1 aromatic heterocycles. The van der Waals surface area contributed by atoms with Crippen molar-refractivity contribution in [1.29, 1.82) is 10.5 Å². The molecule has 1 fully saturated rings. The van der Waals surface area contributed by atoms with E-state index in [0.29, 0.717) is 0 Å². The number of hydrogen-bond acceptors (Lipinski definition) is 5. The second-order valence-corrected chi connectivity index (χ2v) is 4.80. The van der Waals surface area contributed by atoms with Crippen LogP contribution in [-0.4, -0.2) is 22.7 Å². The predicted octanol–water partition coefficient (Wildman–Crippen LogP) is 0.767. The average Bonchev–Trinajstić information content (AvgIpc) is 2.94. The monoisotopic (exact) mass is 304 g/mol. The molecule has 1 saturated heterocycles. The zero-order valence-electron chi connectivity index (χ0n) is 11.7. The number of ether oxygens (including phenoxy) is 1. The highest BCUT2D eigenvalue weighted by Crippen LogP contribution is 2.26. The van der Waals surface area contributed by atoms with Crippen LogP contribution in [0, 0.1) is 34.4 Å². The summed E-state index contributed by atoms with van der Waals surface area (Å²) in [5, 5.41) is 20.2. The number of aryl methyl sites for hydroxylation is 1. The van der Waals surface area contributed by atoms with Crippen molar-refractivity contribution in [2.24, 2.45) is 5.92 Å². The maximum atomic E-state index is 13.5. The summed E-state index contributed by atoms with van der Waals surface area (Å²) in [6.07, 6.45) is -0.500. The van der Waals surface area contributed by atoms with Gasteiger partial charge in [0, 0.05) is 25.2 Å². The summed E-state index contributed by atoms with van der Waals surface area (Å²) in [5.41, 5.74) is -0.659. The number of pyridine rings is 1. The molecule has 22 heavy (non-hydrogen) atoms. The maximum Gasteiger partial charge on any atom is 0.286 e. The number of carbonyl (C=O) groups is 1. The van der Waals surface area contributed by atoms with Crippen molar-refractivity contribution < 1.29 is 13.9 Å². The molecule has 1 amide bonds. The Balaban J connectivity index is 2.14. The Kier molecular flexibility index (Phi) is 4.54. The van der Waals surface area contributed by atoms with Crippen LogP contribution >= 0.6 is 0 Å². The van der Waals surface area contributed by atoms with E-state index < -0.39 is 35.4 Å². The first kappa shape index (κ1) is 15.7. The lowest BCUT2D eigenvalue weighted by Gasteiger charge is -2.12. The molecular formula is C14H13FN4O3. The summed E-state index contributed by atoms with van der Waals surface area (Å²) in [7, 11) is 0. The quantitative estimate of drug-likeness (QED) is 0.887. The zero-order chi connectivity index (χ0) is 16.3. The lowest BCUT2D eigenvalue weighted by atomic mass is 10.0. The first-order valence-electron chi connectivity index (χ1n) is 6.65. The molecule has 0 aromatic carbocycles. The lowest BCUT2D eigenvalue weighted by Crippen LogP contribution is -2.29. The van der Waals surface area contributed by atoms with Gasteiger partial charge >= 0.3 is 0 Å². The first-order chi connectivity index (χ1) is 10.5. The highest BCUT2D eigenvalue weighted by atomic mass is 19.1. The minimum absolute atomic E-state index is 0.0937. The average molecular weight is 304 g/mol. The van der Waals surface area contributed by atoms with Crippen LogP contribution in [0.5, 0.6) is 0 Å². The van der Waals surface area contributed by atoms with Crippen molar-refractivity contribution >= 4 is 11.6 Å². The highest BCUT2D eigenvalue weighted by molar-refractivity contribution is 5.94. The molecule has 0 spiro atoms. The maximum absolute atomic E-state index is 13.5. The molecule has 1 aliphatic rings. The number of nitriles is 2. The normalized spacial score (nSPS) is 23.5. The minimum atomic E-state index is -0.975. The van der Waals surface area contributed by atoms with E-state index >= 15 is 0 Å². The van der Waals surface area contributed by atoms with Gasteiger partial charge in [-0.3, -0.25) is 9.59 Å². The van der Waals surface area contributed by atoms with E-state index in [1.54, 1.807) is 6.92 Å². The van der Waals surface area contributed by atoms with E-state index in [1.165, 1.54) is 6.20 Å². The Morgan fingerprint density at radius 3 is 2.82 bits per heavy atom. The van der Waals surface area contributed by atoms with Crippen LogP contribution in [0.2, 0.25) is 0 Å². The third-order valence-electron chi connectivity index (χ3n) is 3.38. The van der Waals surface area contributed by atoms with Crippen molar-refractivity contribution in [2.75, 3.05) is 5.32 Å². The molecule has 2 rings (SSSR count). The van der Waals surface area contributed by atoms with Crippen molar-refractivity contribution in [3.05, 3.63) is 28.4 Å². The molecule has 1 aromatic rings. The zero-order valence-corrected chi connectivity index (χ0v) is 11.7. The molecule has 3 atom stereocenters. The van der Waals surface area contributed by atoms with Gasteiger partial charge < -0.3 is 14.6 Å². The van der Waals surface area contributed by atoms with Crippen molar-refractivity contribution in [2.45, 2.75) is 32.1 Å². The van der Waals surface area contributed by atoms with E-state index in [0.717, 1.165) is 10.6 Å². The van der Waals surface area contributed by atoms with Gasteiger partial charge in [-0.25, -0.2) is 4.39 Å². The van der Waals surface area contributed by atoms with Crippen LogP contribution in [0.1, 0.15) is 13.3 Å². The second-order valence-electron chi connectivity index (χ2n) is 4.80. The molecule has 0 aliphatic carbocycles. The Labute approximate surface area is 125 Å². The van der Waals surface area contributed by atoms with Gasteiger partial charge in [-0.1, -0.05) is 0 Å². The molecule has 3 unspecified atom stereocenters. The fraction of sp³-hybridized carbons (Fsp3) is 0.429. The largest absolute Gasteiger partial charge is 0.349 e. The lowest BCUT2D eigenvalue weighted by molar-refractivity contribution is -0.125. The molecule has 0 bridgehead atoms. The molecule has 1 aliphatic heterocycles. The molecule has 7 nitrogen and oxygen atoms in total. The molecular weight excluding hydrogens is 291 g/mol. The van der Waals surface area contributed by atoms with Gasteiger partial charge in [0.15, 0.2) is 11.9 Å². The van der Waals surface area contributed by atoms with Gasteiger partial charge in [0.1, 0.15) is 6.10 Å². The van der Waals surface area contributed by atoms with E-state index in [-0.39, 0.29) is 18.7 Å². The summed E-state index contributed by atoms with van der Waals surface area (Å²) in [5.74, 6) is -2.24. The van der Waals surface area contributed by atoms with Gasteiger partial charge in [-0.2, -0.15) is 10.5 Å². The molecule has 0 saturated carbocycles. The highest BCUT2D eigenvalue weighted by Gasteiger charge is 2.39. The number of nitrogens with one attached hydrogen (secondary N) is 1. The summed E-state index contributed by atoms with van der Waals surface area (Å²) < 4.78 is 19.8. The number of aromatic nitrogens is 1. The van der Waals surface area contributed by atoms with Crippen LogP contribution in [0.15, 0.2) is 17.1 Å². The summed E-state index contributed by atoms with van der Waals surface area (Å²) >= 11 is 0. The van der Waals surface area contributed by atoms with Gasteiger partial charge in [0.05, 0.1) is 23.7 Å². The third kappa shape index (κ3) is 2.97. The topological polar surface area (TPSA) is 108 Å². The summed E-state index contributed by atoms with van der Waals surface area (Å²) in [6.45, 7) is 1.92. The fourth-order valence-electron chi connectivity index (χ4n) is 2.22. The fourth-order valence-corrected chi connectivity index (χ4v) is 2.22. The van der Waals surface area contributed by atoms with Crippen LogP contribution in [0.4, 0.5) is 10.1 Å². The predicted molar refractivity (Wildman–Crippen MR) is 73.0 cm³/mol. The Morgan fingerprint density at radius 1 is 1.55 bits per heavy atom. The standard InChI is InChI=1S/C14H13FN4O3/c1-2-19-7-9(4-10(15)14(19)21)18-13(20)11-3-8(5-16)12(6-17)22-11/h4,7-8,11-12H,2-3H2,1H3,(H,18,20). The van der Waals surface area contributed by atoms with E-state index in [2.05, 4.69) is 5.32 Å². The molecule has 0 radical (unpaired) electrons. The second kappa shape index (κ2) is 6.37. The smallest absolute Gasteiger partial charge is 0.286 e. The molecule has 2 heterocycles. The van der Waals surface area contributed by atoms with Gasteiger partial charge in [0.2, 0.25) is 0 Å². The number of amides is 1. The Bertz CT molecular complexity index is 709. The van der Waals surface area contributed by atoms with Crippen LogP contribution < -0.4 is 10.9 Å². The van der Waals surface area contributed by atoms with E-state index in [4.69, 9.17) is 15.3 Å². The van der Waals surface area contributed by atoms with Gasteiger partial charge in [-0.05, 0) is 6.92 Å². The van der Waals surface area contributed by atoms with Crippen molar-refractivity contribution in [3.63, 3.8) is 0 Å². The van der Waals surface area contributed by atoms with Crippen molar-refractivity contribution in [3.8, 4) is 12.1 Å². The number of carbonyl (C=O) groups excluding carboxylic acids is 1. The Morgan fingerprint density at radius 2 is 2.27 bits per heavy atom. The van der Waals surface area contributed by atoms with Crippen LogP contribution in [0.3, 0.4) is 0 Å². The first-order valence-corrected chi connectivity index (χ1v) is 6.65. The number of rotatable bonds is 3. The molecule has 1 N–H and O–H groups in total. The Hall–Kier alpha value is -2.71. The number of anilines is 1. The van der Waals surface area contributed by atoms with Gasteiger partial charge in [0.25, 0.3) is 11.5 Å². The molecule has 8 heteroatoms. The van der Waals surface area contributed by atoms with E-state index in [9.17, 15) is 14.0 Å². The molecule has 114 valence electrons. The van der Waals surface area contributed by atoms with Crippen LogP contribution in [0.25, 0.3) is 0 Å². The SMILES string of the molecule is CCn1cc(NC(=O)C2CC(C#N)C(C#N)O2)cc(F)c1=O. The van der Waals surface area contributed by atoms with Crippen molar-refractivity contribution in [1.82, 2.24) is 4.57 Å². The van der Waals surface area contributed by atoms with E-state index in [1.807, 2.05) is 12.1 Å². The third-order valence-corrected chi connectivity index (χ3v) is 3.38. The number of halogens is 1. The minimum Gasteiger partial charge on any atom is -0.349 e. The summed E-state index contributed by atoms with van der Waals surface area (Å²) in [4.78, 5) is 23.5. The number of hydrogen-bond donors (Lipinski definition) is 1. The number of nitrogens with zero attached hydrogens (tertiary/aromatic N) is 3. The van der Waals surface area contributed by atoms with Crippen LogP contribution in [-0.2, 0) is 16.1 Å².